The van der Waals surface area contributed by atoms with E-state index in [1.54, 1.807) is 6.20 Å². The summed E-state index contributed by atoms with van der Waals surface area (Å²) >= 11 is 0. The third-order valence-electron chi connectivity index (χ3n) is 3.69. The van der Waals surface area contributed by atoms with Crippen molar-refractivity contribution in [1.82, 2.24) is 19.9 Å². The molecule has 1 aliphatic carbocycles. The lowest BCUT2D eigenvalue weighted by Gasteiger charge is -2.18. The molecule has 2 N–H and O–H groups in total. The molecule has 0 bridgehead atoms. The van der Waals surface area contributed by atoms with Crippen molar-refractivity contribution >= 4 is 5.82 Å². The maximum absolute atomic E-state index is 4.48. The van der Waals surface area contributed by atoms with E-state index in [1.165, 1.54) is 12.8 Å². The topological polar surface area (TPSA) is 54.8 Å². The highest BCUT2D eigenvalue weighted by atomic mass is 15.1. The molecule has 2 aromatic heterocycles. The normalized spacial score (nSPS) is 16.1. The number of anilines is 1. The van der Waals surface area contributed by atoms with Gasteiger partial charge in [0.25, 0.3) is 0 Å². The Morgan fingerprint density at radius 1 is 1.25 bits per heavy atom. The third kappa shape index (κ3) is 3.17. The minimum Gasteiger partial charge on any atom is -0.369 e. The summed E-state index contributed by atoms with van der Waals surface area (Å²) in [6.45, 7) is 1.77. The Morgan fingerprint density at radius 2 is 2.15 bits per heavy atom. The molecule has 3 rings (SSSR count). The molecule has 5 nitrogen and oxygen atoms in total. The van der Waals surface area contributed by atoms with Crippen LogP contribution in [0.2, 0.25) is 0 Å². The van der Waals surface area contributed by atoms with Crippen LogP contribution < -0.4 is 10.6 Å². The van der Waals surface area contributed by atoms with Crippen molar-refractivity contribution < 1.29 is 0 Å². The summed E-state index contributed by atoms with van der Waals surface area (Å²) in [5.74, 6) is 2.81. The molecule has 0 amide bonds. The van der Waals surface area contributed by atoms with Crippen molar-refractivity contribution in [2.45, 2.75) is 18.9 Å². The number of hydrogen-bond acceptors (Lipinski definition) is 4. The van der Waals surface area contributed by atoms with Gasteiger partial charge in [-0.25, -0.2) is 9.97 Å². The minimum atomic E-state index is 0.375. The molecule has 0 aliphatic heterocycles. The van der Waals surface area contributed by atoms with E-state index in [-0.39, 0.29) is 0 Å². The Hall–Kier alpha value is -1.88. The molecule has 1 atom stereocenters. The molecule has 0 aromatic carbocycles. The first-order chi connectivity index (χ1) is 9.84. The molecule has 0 radical (unpaired) electrons. The summed E-state index contributed by atoms with van der Waals surface area (Å²) in [5, 5.41) is 6.94. The summed E-state index contributed by atoms with van der Waals surface area (Å²) in [5.41, 5.74) is 0. The smallest absolute Gasteiger partial charge is 0.125 e. The van der Waals surface area contributed by atoms with Crippen LogP contribution in [0.1, 0.15) is 24.7 Å². The number of hydrogen-bond donors (Lipinski definition) is 2. The van der Waals surface area contributed by atoms with Gasteiger partial charge in [0, 0.05) is 38.7 Å². The fourth-order valence-corrected chi connectivity index (χ4v) is 2.46. The molecule has 2 aromatic rings. The predicted octanol–water partition coefficient (Wildman–Crippen LogP) is 1.97. The monoisotopic (exact) mass is 271 g/mol. The lowest BCUT2D eigenvalue weighted by molar-refractivity contribution is 0.455. The zero-order valence-corrected chi connectivity index (χ0v) is 11.8. The summed E-state index contributed by atoms with van der Waals surface area (Å²) < 4.78 is 2.11. The largest absolute Gasteiger partial charge is 0.369 e. The van der Waals surface area contributed by atoms with Gasteiger partial charge in [0.2, 0.25) is 0 Å². The number of nitrogens with one attached hydrogen (secondary N) is 2. The van der Waals surface area contributed by atoms with E-state index >= 15 is 0 Å². The second-order valence-electron chi connectivity index (χ2n) is 5.31. The van der Waals surface area contributed by atoms with Crippen molar-refractivity contribution in [1.29, 1.82) is 0 Å². The highest BCUT2D eigenvalue weighted by Crippen LogP contribution is 2.40. The summed E-state index contributed by atoms with van der Waals surface area (Å²) in [6.07, 6.45) is 8.30. The van der Waals surface area contributed by atoms with Crippen molar-refractivity contribution in [2.75, 3.05) is 18.4 Å². The maximum Gasteiger partial charge on any atom is 0.125 e. The molecule has 0 saturated heterocycles. The number of nitrogens with zero attached hydrogens (tertiary/aromatic N) is 3. The average molecular weight is 271 g/mol. The summed E-state index contributed by atoms with van der Waals surface area (Å²) in [7, 11) is 2.06. The first-order valence-electron chi connectivity index (χ1n) is 7.20. The molecular weight excluding hydrogens is 250 g/mol. The van der Waals surface area contributed by atoms with Gasteiger partial charge < -0.3 is 15.2 Å². The molecule has 20 heavy (non-hydrogen) atoms. The van der Waals surface area contributed by atoms with Gasteiger partial charge in [0.15, 0.2) is 0 Å². The van der Waals surface area contributed by atoms with Gasteiger partial charge in [-0.2, -0.15) is 0 Å². The number of imidazole rings is 1. The van der Waals surface area contributed by atoms with Crippen LogP contribution in [-0.4, -0.2) is 27.6 Å². The Balaban J connectivity index is 1.50. The minimum absolute atomic E-state index is 0.375. The Kier molecular flexibility index (Phi) is 3.97. The van der Waals surface area contributed by atoms with Crippen LogP contribution in [-0.2, 0) is 7.05 Å². The van der Waals surface area contributed by atoms with E-state index in [2.05, 4.69) is 32.2 Å². The van der Waals surface area contributed by atoms with E-state index in [4.69, 9.17) is 0 Å². The molecular formula is C15H21N5. The van der Waals surface area contributed by atoms with Gasteiger partial charge in [-0.15, -0.1) is 0 Å². The van der Waals surface area contributed by atoms with Crippen LogP contribution >= 0.6 is 0 Å². The lowest BCUT2D eigenvalue weighted by atomic mass is 10.1. The SMILES string of the molecule is Cn1ccnc1[C@@H](NCCNc1ccccn1)C1CC1. The van der Waals surface area contributed by atoms with E-state index in [9.17, 15) is 0 Å². The maximum atomic E-state index is 4.48. The molecule has 1 aliphatic rings. The van der Waals surface area contributed by atoms with Crippen molar-refractivity contribution in [3.05, 3.63) is 42.6 Å². The number of aromatic nitrogens is 3. The molecule has 0 spiro atoms. The Bertz CT molecular complexity index is 532. The van der Waals surface area contributed by atoms with Crippen molar-refractivity contribution in [2.24, 2.45) is 13.0 Å². The van der Waals surface area contributed by atoms with Crippen LogP contribution in [0.3, 0.4) is 0 Å². The third-order valence-corrected chi connectivity index (χ3v) is 3.69. The molecule has 5 heteroatoms. The van der Waals surface area contributed by atoms with Crippen LogP contribution in [0.5, 0.6) is 0 Å². The summed E-state index contributed by atoms with van der Waals surface area (Å²) in [4.78, 5) is 8.73. The zero-order valence-electron chi connectivity index (χ0n) is 11.8. The molecule has 106 valence electrons. The second kappa shape index (κ2) is 6.05. The molecule has 0 unspecified atom stereocenters. The highest BCUT2D eigenvalue weighted by molar-refractivity contribution is 5.32. The molecule has 1 fully saturated rings. The molecule has 2 heterocycles. The van der Waals surface area contributed by atoms with Crippen LogP contribution in [0.25, 0.3) is 0 Å². The standard InChI is InChI=1S/C15H21N5/c1-20-11-10-19-15(20)14(12-5-6-12)18-9-8-17-13-4-2-3-7-16-13/h2-4,7,10-12,14,18H,5-6,8-9H2,1H3,(H,16,17)/t14-/m0/s1. The van der Waals surface area contributed by atoms with Gasteiger partial charge in [-0.1, -0.05) is 6.07 Å². The highest BCUT2D eigenvalue weighted by Gasteiger charge is 2.33. The van der Waals surface area contributed by atoms with Gasteiger partial charge in [-0.3, -0.25) is 0 Å². The van der Waals surface area contributed by atoms with Crippen LogP contribution in [0.15, 0.2) is 36.8 Å². The zero-order chi connectivity index (χ0) is 13.8. The first-order valence-corrected chi connectivity index (χ1v) is 7.20. The molecule has 1 saturated carbocycles. The number of pyridine rings is 1. The van der Waals surface area contributed by atoms with E-state index in [1.807, 2.05) is 30.6 Å². The van der Waals surface area contributed by atoms with Gasteiger partial charge in [0.05, 0.1) is 6.04 Å². The van der Waals surface area contributed by atoms with Crippen LogP contribution in [0.4, 0.5) is 5.82 Å². The fourth-order valence-electron chi connectivity index (χ4n) is 2.46. The van der Waals surface area contributed by atoms with E-state index in [0.717, 1.165) is 30.6 Å². The average Bonchev–Trinajstić information content (AvgIpc) is 3.23. The second-order valence-corrected chi connectivity index (χ2v) is 5.31. The van der Waals surface area contributed by atoms with Crippen LogP contribution in [0, 0.1) is 5.92 Å². The van der Waals surface area contributed by atoms with Crippen molar-refractivity contribution in [3.63, 3.8) is 0 Å². The number of aryl methyl sites for hydroxylation is 1. The Labute approximate surface area is 119 Å². The lowest BCUT2D eigenvalue weighted by Crippen LogP contribution is -2.30. The van der Waals surface area contributed by atoms with Crippen molar-refractivity contribution in [3.8, 4) is 0 Å². The Morgan fingerprint density at radius 3 is 2.80 bits per heavy atom. The van der Waals surface area contributed by atoms with E-state index in [0.29, 0.717) is 6.04 Å². The quantitative estimate of drug-likeness (QED) is 0.756. The first kappa shape index (κ1) is 13.1. The van der Waals surface area contributed by atoms with Gasteiger partial charge >= 0.3 is 0 Å². The summed E-state index contributed by atoms with van der Waals surface area (Å²) in [6, 6.07) is 6.27. The van der Waals surface area contributed by atoms with Gasteiger partial charge in [-0.05, 0) is 30.9 Å². The van der Waals surface area contributed by atoms with E-state index < -0.39 is 0 Å². The number of rotatable bonds is 7. The van der Waals surface area contributed by atoms with Gasteiger partial charge in [0.1, 0.15) is 11.6 Å². The predicted molar refractivity (Wildman–Crippen MR) is 79.4 cm³/mol. The fraction of sp³-hybridized carbons (Fsp3) is 0.467.